The summed E-state index contributed by atoms with van der Waals surface area (Å²) in [5.74, 6) is 0.709. The summed E-state index contributed by atoms with van der Waals surface area (Å²) in [5, 5.41) is 3.98. The fraction of sp³-hybridized carbons (Fsp3) is 0.909. The van der Waals surface area contributed by atoms with E-state index < -0.39 is 0 Å². The molecule has 1 fully saturated rings. The largest absolute Gasteiger partial charge is 0.383 e. The van der Waals surface area contributed by atoms with E-state index in [1.54, 1.807) is 7.11 Å². The molecule has 1 aliphatic heterocycles. The number of thiocarbonyl (C=S) groups is 1. The normalized spacial score (nSPS) is 17.1. The fourth-order valence-corrected chi connectivity index (χ4v) is 1.97. The summed E-state index contributed by atoms with van der Waals surface area (Å²) >= 11 is 5.29. The van der Waals surface area contributed by atoms with Crippen LogP contribution >= 0.6 is 12.2 Å². The number of ether oxygens (including phenoxy) is 2. The predicted octanol–water partition coefficient (Wildman–Crippen LogP) is 0.866. The van der Waals surface area contributed by atoms with Crippen LogP contribution < -0.4 is 5.32 Å². The van der Waals surface area contributed by atoms with Crippen molar-refractivity contribution in [1.29, 1.82) is 0 Å². The predicted molar refractivity (Wildman–Crippen MR) is 68.6 cm³/mol. The van der Waals surface area contributed by atoms with Crippen molar-refractivity contribution in [2.24, 2.45) is 5.92 Å². The third-order valence-electron chi connectivity index (χ3n) is 2.80. The Bertz CT molecular complexity index is 208. The van der Waals surface area contributed by atoms with E-state index in [4.69, 9.17) is 21.7 Å². The highest BCUT2D eigenvalue weighted by Gasteiger charge is 2.16. The van der Waals surface area contributed by atoms with E-state index in [1.165, 1.54) is 0 Å². The van der Waals surface area contributed by atoms with Crippen molar-refractivity contribution in [1.82, 2.24) is 10.2 Å². The van der Waals surface area contributed by atoms with Gasteiger partial charge in [-0.3, -0.25) is 0 Å². The minimum atomic E-state index is 0.686. The van der Waals surface area contributed by atoms with Crippen LogP contribution in [0.1, 0.15) is 12.8 Å². The quantitative estimate of drug-likeness (QED) is 0.575. The van der Waals surface area contributed by atoms with Crippen LogP contribution in [0, 0.1) is 5.92 Å². The first-order chi connectivity index (χ1) is 7.74. The van der Waals surface area contributed by atoms with Crippen LogP contribution in [0.3, 0.4) is 0 Å². The first kappa shape index (κ1) is 13.7. The van der Waals surface area contributed by atoms with Crippen LogP contribution in [-0.4, -0.2) is 57.1 Å². The van der Waals surface area contributed by atoms with E-state index >= 15 is 0 Å². The van der Waals surface area contributed by atoms with E-state index in [1.807, 2.05) is 7.05 Å². The van der Waals surface area contributed by atoms with Gasteiger partial charge in [-0.25, -0.2) is 0 Å². The molecule has 0 aromatic heterocycles. The molecule has 0 aromatic rings. The smallest absolute Gasteiger partial charge is 0.168 e. The molecule has 0 amide bonds. The molecule has 0 unspecified atom stereocenters. The van der Waals surface area contributed by atoms with Crippen molar-refractivity contribution in [3.05, 3.63) is 0 Å². The summed E-state index contributed by atoms with van der Waals surface area (Å²) in [7, 11) is 3.73. The average molecular weight is 246 g/mol. The average Bonchev–Trinajstić information content (AvgIpc) is 2.30. The molecule has 0 bridgehead atoms. The molecule has 94 valence electrons. The second-order valence-corrected chi connectivity index (χ2v) is 4.55. The molecule has 0 aromatic carbocycles. The van der Waals surface area contributed by atoms with E-state index in [9.17, 15) is 0 Å². The van der Waals surface area contributed by atoms with Crippen LogP contribution in [0.2, 0.25) is 0 Å². The lowest BCUT2D eigenvalue weighted by Gasteiger charge is -2.28. The Kier molecular flexibility index (Phi) is 6.68. The molecule has 16 heavy (non-hydrogen) atoms. The minimum Gasteiger partial charge on any atom is -0.383 e. The Labute approximate surface area is 103 Å². The summed E-state index contributed by atoms with van der Waals surface area (Å²) in [5.41, 5.74) is 0. The van der Waals surface area contributed by atoms with Crippen molar-refractivity contribution < 1.29 is 9.47 Å². The highest BCUT2D eigenvalue weighted by Crippen LogP contribution is 2.15. The monoisotopic (exact) mass is 246 g/mol. The highest BCUT2D eigenvalue weighted by molar-refractivity contribution is 7.80. The Morgan fingerprint density at radius 2 is 2.19 bits per heavy atom. The van der Waals surface area contributed by atoms with Gasteiger partial charge in [-0.15, -0.1) is 0 Å². The first-order valence-corrected chi connectivity index (χ1v) is 6.20. The van der Waals surface area contributed by atoms with Crippen molar-refractivity contribution in [3.8, 4) is 0 Å². The lowest BCUT2D eigenvalue weighted by Crippen LogP contribution is -2.41. The molecule has 4 nitrogen and oxygen atoms in total. The van der Waals surface area contributed by atoms with Gasteiger partial charge in [0.1, 0.15) is 0 Å². The van der Waals surface area contributed by atoms with Gasteiger partial charge in [0, 0.05) is 40.5 Å². The Morgan fingerprint density at radius 3 is 2.81 bits per heavy atom. The molecule has 1 saturated heterocycles. The third-order valence-corrected chi connectivity index (χ3v) is 3.26. The fourth-order valence-electron chi connectivity index (χ4n) is 1.79. The third kappa shape index (κ3) is 5.09. The molecule has 1 aliphatic rings. The maximum atomic E-state index is 5.34. The number of rotatable bonds is 5. The molecular weight excluding hydrogens is 224 g/mol. The Balaban J connectivity index is 2.16. The van der Waals surface area contributed by atoms with Gasteiger partial charge >= 0.3 is 0 Å². The molecule has 0 atom stereocenters. The van der Waals surface area contributed by atoms with Crippen LogP contribution in [0.5, 0.6) is 0 Å². The van der Waals surface area contributed by atoms with Crippen molar-refractivity contribution in [3.63, 3.8) is 0 Å². The standard InChI is InChI=1S/C11H22N2O2S/c1-13(11(16)12-5-8-14-2)9-10-3-6-15-7-4-10/h10H,3-9H2,1-2H3,(H,12,16). The molecule has 1 heterocycles. The second-order valence-electron chi connectivity index (χ2n) is 4.16. The summed E-state index contributed by atoms with van der Waals surface area (Å²) in [4.78, 5) is 2.11. The topological polar surface area (TPSA) is 33.7 Å². The number of nitrogens with one attached hydrogen (secondary N) is 1. The van der Waals surface area contributed by atoms with E-state index in [0.29, 0.717) is 12.5 Å². The number of hydrogen-bond acceptors (Lipinski definition) is 3. The van der Waals surface area contributed by atoms with Gasteiger partial charge < -0.3 is 19.7 Å². The van der Waals surface area contributed by atoms with Gasteiger partial charge in [0.15, 0.2) is 5.11 Å². The number of methoxy groups -OCH3 is 1. The minimum absolute atomic E-state index is 0.686. The first-order valence-electron chi connectivity index (χ1n) is 5.79. The summed E-state index contributed by atoms with van der Waals surface area (Å²) in [6, 6.07) is 0. The van der Waals surface area contributed by atoms with Gasteiger partial charge in [0.2, 0.25) is 0 Å². The molecule has 0 spiro atoms. The van der Waals surface area contributed by atoms with Crippen LogP contribution in [0.4, 0.5) is 0 Å². The van der Waals surface area contributed by atoms with Crippen molar-refractivity contribution >= 4 is 17.3 Å². The van der Waals surface area contributed by atoms with Gasteiger partial charge in [-0.2, -0.15) is 0 Å². The van der Waals surface area contributed by atoms with Gasteiger partial charge in [0.05, 0.1) is 6.61 Å². The molecule has 0 saturated carbocycles. The van der Waals surface area contributed by atoms with Crippen molar-refractivity contribution in [2.75, 3.05) is 47.1 Å². The van der Waals surface area contributed by atoms with Gasteiger partial charge in [0.25, 0.3) is 0 Å². The molecule has 1 N–H and O–H groups in total. The molecule has 1 rings (SSSR count). The molecule has 0 radical (unpaired) electrons. The van der Waals surface area contributed by atoms with E-state index in [-0.39, 0.29) is 0 Å². The summed E-state index contributed by atoms with van der Waals surface area (Å²) in [6.45, 7) is 4.26. The molecule has 5 heteroatoms. The number of hydrogen-bond donors (Lipinski definition) is 1. The zero-order chi connectivity index (χ0) is 11.8. The zero-order valence-corrected chi connectivity index (χ0v) is 11.0. The second kappa shape index (κ2) is 7.81. The van der Waals surface area contributed by atoms with Crippen molar-refractivity contribution in [2.45, 2.75) is 12.8 Å². The Hall–Kier alpha value is -0.390. The van der Waals surface area contributed by atoms with Crippen LogP contribution in [0.15, 0.2) is 0 Å². The Morgan fingerprint density at radius 1 is 1.50 bits per heavy atom. The summed E-state index contributed by atoms with van der Waals surface area (Å²) < 4.78 is 10.3. The van der Waals surface area contributed by atoms with Crippen LogP contribution in [0.25, 0.3) is 0 Å². The maximum absolute atomic E-state index is 5.34. The zero-order valence-electron chi connectivity index (χ0n) is 10.2. The van der Waals surface area contributed by atoms with Crippen LogP contribution in [-0.2, 0) is 9.47 Å². The van der Waals surface area contributed by atoms with E-state index in [0.717, 1.165) is 44.3 Å². The highest BCUT2D eigenvalue weighted by atomic mass is 32.1. The van der Waals surface area contributed by atoms with E-state index in [2.05, 4.69) is 10.2 Å². The lowest BCUT2D eigenvalue weighted by atomic mass is 10.0. The summed E-state index contributed by atoms with van der Waals surface area (Å²) in [6.07, 6.45) is 2.29. The maximum Gasteiger partial charge on any atom is 0.168 e. The lowest BCUT2D eigenvalue weighted by molar-refractivity contribution is 0.0611. The molecule has 0 aliphatic carbocycles. The van der Waals surface area contributed by atoms with Gasteiger partial charge in [-0.05, 0) is 31.0 Å². The SMILES string of the molecule is COCCNC(=S)N(C)CC1CCOCC1. The molecular formula is C11H22N2O2S. The number of nitrogens with zero attached hydrogens (tertiary/aromatic N) is 1. The van der Waals surface area contributed by atoms with Gasteiger partial charge in [-0.1, -0.05) is 0 Å².